The Hall–Kier alpha value is -1.07. The highest BCUT2D eigenvalue weighted by molar-refractivity contribution is 7.91. The van der Waals surface area contributed by atoms with E-state index in [0.29, 0.717) is 23.7 Å². The highest BCUT2D eigenvalue weighted by atomic mass is 32.2. The monoisotopic (exact) mass is 212 g/mol. The molecule has 0 saturated carbocycles. The molecular formula is C9H12N2O2S. The van der Waals surface area contributed by atoms with Crippen LogP contribution in [0.2, 0.25) is 0 Å². The summed E-state index contributed by atoms with van der Waals surface area (Å²) in [5.74, 6) is 0.161. The lowest BCUT2D eigenvalue weighted by Crippen LogP contribution is -2.24. The van der Waals surface area contributed by atoms with Crippen molar-refractivity contribution in [2.75, 3.05) is 17.6 Å². The van der Waals surface area contributed by atoms with Gasteiger partial charge in [-0.25, -0.2) is 8.42 Å². The van der Waals surface area contributed by atoms with Gasteiger partial charge in [-0.3, -0.25) is 0 Å². The quantitative estimate of drug-likeness (QED) is 0.704. The van der Waals surface area contributed by atoms with Crippen LogP contribution in [0.3, 0.4) is 0 Å². The van der Waals surface area contributed by atoms with Gasteiger partial charge in [-0.2, -0.15) is 0 Å². The van der Waals surface area contributed by atoms with Crippen molar-refractivity contribution in [1.29, 1.82) is 0 Å². The summed E-state index contributed by atoms with van der Waals surface area (Å²) in [6.07, 6.45) is 0. The fourth-order valence-electron chi connectivity index (χ4n) is 1.63. The first-order chi connectivity index (χ1) is 6.65. The maximum Gasteiger partial charge on any atom is 0.182 e. The van der Waals surface area contributed by atoms with Gasteiger partial charge >= 0.3 is 0 Å². The van der Waals surface area contributed by atoms with Crippen LogP contribution in [0.15, 0.2) is 23.1 Å². The molecule has 4 nitrogen and oxygen atoms in total. The molecule has 0 amide bonds. The Balaban J connectivity index is 2.67. The third-order valence-corrected chi connectivity index (χ3v) is 4.09. The van der Waals surface area contributed by atoms with E-state index in [9.17, 15) is 8.42 Å². The van der Waals surface area contributed by atoms with Gasteiger partial charge in [0.05, 0.1) is 16.3 Å². The number of para-hydroxylation sites is 1. The molecule has 5 heteroatoms. The number of fused-ring (bicyclic) bond motifs is 1. The van der Waals surface area contributed by atoms with E-state index in [4.69, 9.17) is 5.73 Å². The molecule has 0 saturated heterocycles. The van der Waals surface area contributed by atoms with Crippen molar-refractivity contribution in [3.05, 3.63) is 23.8 Å². The Kier molecular flexibility index (Phi) is 2.20. The molecule has 0 aromatic heterocycles. The standard InChI is InChI=1S/C9H12N2O2S/c10-6-7-2-1-3-8-9(7)11-4-5-14(8,12)13/h1-3,11H,4-6,10H2. The molecular weight excluding hydrogens is 200 g/mol. The van der Waals surface area contributed by atoms with E-state index in [0.717, 1.165) is 5.56 Å². The number of anilines is 1. The Bertz CT molecular complexity index is 454. The normalized spacial score (nSPS) is 18.4. The second-order valence-electron chi connectivity index (χ2n) is 3.24. The van der Waals surface area contributed by atoms with Gasteiger partial charge in [0.1, 0.15) is 0 Å². The summed E-state index contributed by atoms with van der Waals surface area (Å²) in [6.45, 7) is 0.817. The lowest BCUT2D eigenvalue weighted by atomic mass is 10.2. The van der Waals surface area contributed by atoms with Gasteiger partial charge in [0.15, 0.2) is 9.84 Å². The van der Waals surface area contributed by atoms with E-state index in [1.807, 2.05) is 6.07 Å². The van der Waals surface area contributed by atoms with Crippen LogP contribution in [0.5, 0.6) is 0 Å². The average Bonchev–Trinajstić information content (AvgIpc) is 2.17. The minimum absolute atomic E-state index is 0.161. The van der Waals surface area contributed by atoms with Crippen molar-refractivity contribution in [2.45, 2.75) is 11.4 Å². The summed E-state index contributed by atoms with van der Waals surface area (Å²) < 4.78 is 23.3. The van der Waals surface area contributed by atoms with Gasteiger partial charge in [0.2, 0.25) is 0 Å². The summed E-state index contributed by atoms with van der Waals surface area (Å²) >= 11 is 0. The minimum atomic E-state index is -3.09. The first-order valence-electron chi connectivity index (χ1n) is 4.44. The van der Waals surface area contributed by atoms with Gasteiger partial charge in [-0.15, -0.1) is 0 Å². The average molecular weight is 212 g/mol. The van der Waals surface area contributed by atoms with E-state index >= 15 is 0 Å². The molecule has 0 aliphatic carbocycles. The Morgan fingerprint density at radius 2 is 2.21 bits per heavy atom. The zero-order valence-corrected chi connectivity index (χ0v) is 8.47. The summed E-state index contributed by atoms with van der Waals surface area (Å²) in [4.78, 5) is 0.381. The largest absolute Gasteiger partial charge is 0.383 e. The molecule has 1 aromatic rings. The van der Waals surface area contributed by atoms with Crippen LogP contribution in [-0.2, 0) is 16.4 Å². The molecule has 3 N–H and O–H groups in total. The van der Waals surface area contributed by atoms with Crippen molar-refractivity contribution in [1.82, 2.24) is 0 Å². The fraction of sp³-hybridized carbons (Fsp3) is 0.333. The van der Waals surface area contributed by atoms with Crippen molar-refractivity contribution in [3.8, 4) is 0 Å². The van der Waals surface area contributed by atoms with Gasteiger partial charge < -0.3 is 11.1 Å². The number of benzene rings is 1. The smallest absolute Gasteiger partial charge is 0.182 e. The summed E-state index contributed by atoms with van der Waals surface area (Å²) in [5.41, 5.74) is 7.06. The van der Waals surface area contributed by atoms with Crippen molar-refractivity contribution in [2.24, 2.45) is 5.73 Å². The molecule has 2 rings (SSSR count). The molecule has 0 unspecified atom stereocenters. The zero-order chi connectivity index (χ0) is 10.2. The Morgan fingerprint density at radius 3 is 2.93 bits per heavy atom. The first kappa shape index (κ1) is 9.48. The number of hydrogen-bond acceptors (Lipinski definition) is 4. The maximum atomic E-state index is 11.7. The fourth-order valence-corrected chi connectivity index (χ4v) is 3.02. The molecule has 1 aromatic carbocycles. The highest BCUT2D eigenvalue weighted by Crippen LogP contribution is 2.29. The second-order valence-corrected chi connectivity index (χ2v) is 5.32. The van der Waals surface area contributed by atoms with Crippen molar-refractivity contribution in [3.63, 3.8) is 0 Å². The van der Waals surface area contributed by atoms with Gasteiger partial charge in [-0.05, 0) is 11.6 Å². The summed E-state index contributed by atoms with van der Waals surface area (Å²) in [5, 5.41) is 3.08. The van der Waals surface area contributed by atoms with Crippen LogP contribution in [0, 0.1) is 0 Å². The predicted molar refractivity (Wildman–Crippen MR) is 54.9 cm³/mol. The third kappa shape index (κ3) is 1.38. The van der Waals surface area contributed by atoms with Crippen molar-refractivity contribution < 1.29 is 8.42 Å². The Morgan fingerprint density at radius 1 is 1.43 bits per heavy atom. The van der Waals surface area contributed by atoms with Crippen LogP contribution in [0.4, 0.5) is 5.69 Å². The minimum Gasteiger partial charge on any atom is -0.383 e. The number of rotatable bonds is 1. The molecule has 0 atom stereocenters. The third-order valence-electron chi connectivity index (χ3n) is 2.34. The molecule has 0 spiro atoms. The van der Waals surface area contributed by atoms with E-state index in [1.54, 1.807) is 12.1 Å². The Labute approximate surface area is 83.0 Å². The molecule has 0 fully saturated rings. The van der Waals surface area contributed by atoms with Crippen LogP contribution < -0.4 is 11.1 Å². The molecule has 0 radical (unpaired) electrons. The predicted octanol–water partition coefficient (Wildman–Crippen LogP) is 0.344. The second kappa shape index (κ2) is 3.25. The van der Waals surface area contributed by atoms with E-state index in [2.05, 4.69) is 5.32 Å². The van der Waals surface area contributed by atoms with Crippen LogP contribution in [-0.4, -0.2) is 20.7 Å². The summed E-state index contributed by atoms with van der Waals surface area (Å²) in [6, 6.07) is 5.19. The number of nitrogens with two attached hydrogens (primary N) is 1. The van der Waals surface area contributed by atoms with Gasteiger partial charge in [0, 0.05) is 13.1 Å². The molecule has 76 valence electrons. The topological polar surface area (TPSA) is 72.2 Å². The highest BCUT2D eigenvalue weighted by Gasteiger charge is 2.24. The van der Waals surface area contributed by atoms with Crippen LogP contribution >= 0.6 is 0 Å². The molecule has 1 aliphatic rings. The SMILES string of the molecule is NCc1cccc2c1NCCS2(=O)=O. The lowest BCUT2D eigenvalue weighted by molar-refractivity contribution is 0.594. The lowest BCUT2D eigenvalue weighted by Gasteiger charge is -2.20. The molecule has 1 heterocycles. The molecule has 14 heavy (non-hydrogen) atoms. The van der Waals surface area contributed by atoms with Crippen molar-refractivity contribution >= 4 is 15.5 Å². The first-order valence-corrected chi connectivity index (χ1v) is 6.09. The van der Waals surface area contributed by atoms with E-state index in [1.165, 1.54) is 0 Å². The van der Waals surface area contributed by atoms with Gasteiger partial charge in [0.25, 0.3) is 0 Å². The number of nitrogens with one attached hydrogen (secondary N) is 1. The van der Waals surface area contributed by atoms with Crippen LogP contribution in [0.25, 0.3) is 0 Å². The number of hydrogen-bond donors (Lipinski definition) is 2. The molecule has 0 bridgehead atoms. The number of sulfone groups is 1. The van der Waals surface area contributed by atoms with Crippen LogP contribution in [0.1, 0.15) is 5.56 Å². The van der Waals surface area contributed by atoms with E-state index in [-0.39, 0.29) is 5.75 Å². The maximum absolute atomic E-state index is 11.7. The zero-order valence-electron chi connectivity index (χ0n) is 7.66. The summed E-state index contributed by atoms with van der Waals surface area (Å²) in [7, 11) is -3.09. The van der Waals surface area contributed by atoms with E-state index < -0.39 is 9.84 Å². The molecule has 1 aliphatic heterocycles. The van der Waals surface area contributed by atoms with Gasteiger partial charge in [-0.1, -0.05) is 12.1 Å².